The first-order chi connectivity index (χ1) is 29.9. The summed E-state index contributed by atoms with van der Waals surface area (Å²) in [6.45, 7) is 4.15. The molecular formula is C55H58N2O4. The van der Waals surface area contributed by atoms with Gasteiger partial charge >= 0.3 is 0 Å². The van der Waals surface area contributed by atoms with Crippen molar-refractivity contribution in [1.29, 1.82) is 0 Å². The molecule has 0 saturated heterocycles. The van der Waals surface area contributed by atoms with Gasteiger partial charge in [-0.15, -0.1) is 0 Å². The number of nitrogens with zero attached hydrogens (tertiary/aromatic N) is 2. The number of aryl methyl sites for hydroxylation is 4. The Kier molecular flexibility index (Phi) is 11.0. The van der Waals surface area contributed by atoms with Gasteiger partial charge in [-0.1, -0.05) is 48.5 Å². The molecule has 61 heavy (non-hydrogen) atoms. The smallest absolute Gasteiger partial charge is 0.149 e. The van der Waals surface area contributed by atoms with Gasteiger partial charge in [0, 0.05) is 52.2 Å². The van der Waals surface area contributed by atoms with Crippen molar-refractivity contribution in [2.45, 2.75) is 135 Å². The van der Waals surface area contributed by atoms with E-state index in [0.717, 1.165) is 73.6 Å². The predicted octanol–water partition coefficient (Wildman–Crippen LogP) is 12.7. The highest BCUT2D eigenvalue weighted by Crippen LogP contribution is 2.48. The Bertz CT molecular complexity index is 2360. The van der Waals surface area contributed by atoms with Gasteiger partial charge in [0.1, 0.15) is 34.4 Å². The summed E-state index contributed by atoms with van der Waals surface area (Å²) in [5.74, 6) is 1.88. The Morgan fingerprint density at radius 3 is 1.18 bits per heavy atom. The molecule has 0 bridgehead atoms. The third-order valence-electron chi connectivity index (χ3n) is 13.9. The minimum atomic E-state index is -0.198. The van der Waals surface area contributed by atoms with E-state index in [-0.39, 0.29) is 23.7 Å². The largest absolute Gasteiger partial charge is 0.505 e. The van der Waals surface area contributed by atoms with Crippen molar-refractivity contribution in [3.05, 3.63) is 130 Å². The van der Waals surface area contributed by atoms with E-state index in [1.165, 1.54) is 107 Å². The van der Waals surface area contributed by atoms with Gasteiger partial charge in [-0.05, 0) is 185 Å². The van der Waals surface area contributed by atoms with Crippen LogP contribution in [0.2, 0.25) is 0 Å². The van der Waals surface area contributed by atoms with Crippen LogP contribution in [0.25, 0.3) is 44.8 Å². The van der Waals surface area contributed by atoms with Gasteiger partial charge in [0.05, 0.1) is 12.2 Å². The van der Waals surface area contributed by atoms with Crippen LogP contribution in [0.1, 0.15) is 116 Å². The first-order valence-electron chi connectivity index (χ1n) is 23.1. The standard InChI is InChI=1S/C55H58N2O4/c1-34(60-48-25-13-11-23-44(48)46-27-29-56-52(54(46)58)50-40-19-7-3-15-36(40)32-37-16-4-8-20-41(37)50)31-35(2)61-49-26-14-12-24-45(49)47-28-30-57-53(55(47)59)51-42-21-9-5-17-38(42)33-39-18-6-10-22-43(39)51/h11-14,23-30,32-35,58-59H,3-10,15-22,31H2,1-2H3/t34-,35-/m1/s1. The molecular weight excluding hydrogens is 753 g/mol. The summed E-state index contributed by atoms with van der Waals surface area (Å²) in [5, 5.41) is 24.3. The number of hydrogen-bond donors (Lipinski definition) is 2. The van der Waals surface area contributed by atoms with Crippen molar-refractivity contribution >= 4 is 0 Å². The summed E-state index contributed by atoms with van der Waals surface area (Å²) >= 11 is 0. The molecule has 4 aromatic carbocycles. The Balaban J connectivity index is 0.903. The molecule has 10 rings (SSSR count). The van der Waals surface area contributed by atoms with E-state index >= 15 is 0 Å². The van der Waals surface area contributed by atoms with Crippen LogP contribution in [0, 0.1) is 0 Å². The molecule has 0 spiro atoms. The second kappa shape index (κ2) is 17.0. The van der Waals surface area contributed by atoms with Crippen LogP contribution in [0.5, 0.6) is 23.0 Å². The first-order valence-corrected chi connectivity index (χ1v) is 23.1. The highest BCUT2D eigenvalue weighted by Gasteiger charge is 2.29. The van der Waals surface area contributed by atoms with E-state index in [2.05, 4.69) is 26.0 Å². The zero-order chi connectivity index (χ0) is 41.5. The summed E-state index contributed by atoms with van der Waals surface area (Å²) < 4.78 is 13.4. The van der Waals surface area contributed by atoms with Gasteiger partial charge in [0.2, 0.25) is 0 Å². The Labute approximate surface area is 361 Å². The lowest BCUT2D eigenvalue weighted by Crippen LogP contribution is -2.23. The number of hydrogen-bond acceptors (Lipinski definition) is 6. The van der Waals surface area contributed by atoms with Gasteiger partial charge < -0.3 is 19.7 Å². The number of fused-ring (bicyclic) bond motifs is 4. The van der Waals surface area contributed by atoms with E-state index in [0.29, 0.717) is 29.3 Å². The molecule has 4 aliphatic rings. The average Bonchev–Trinajstić information content (AvgIpc) is 3.28. The molecule has 4 aliphatic carbocycles. The maximum atomic E-state index is 12.1. The van der Waals surface area contributed by atoms with Crippen LogP contribution in [0.15, 0.2) is 85.2 Å². The number of aromatic nitrogens is 2. The van der Waals surface area contributed by atoms with E-state index in [1.807, 2.05) is 73.1 Å². The van der Waals surface area contributed by atoms with Crippen molar-refractivity contribution in [3.63, 3.8) is 0 Å². The molecule has 0 aliphatic heterocycles. The number of benzene rings is 4. The third-order valence-corrected chi connectivity index (χ3v) is 13.9. The molecule has 0 radical (unpaired) electrons. The first kappa shape index (κ1) is 39.5. The van der Waals surface area contributed by atoms with E-state index < -0.39 is 0 Å². The van der Waals surface area contributed by atoms with Crippen LogP contribution >= 0.6 is 0 Å². The summed E-state index contributed by atoms with van der Waals surface area (Å²) in [5.41, 5.74) is 18.2. The molecule has 0 fully saturated rings. The Morgan fingerprint density at radius 1 is 0.459 bits per heavy atom. The summed E-state index contributed by atoms with van der Waals surface area (Å²) in [6, 6.07) is 24.8. The second-order valence-corrected chi connectivity index (χ2v) is 18.1. The molecule has 6 heteroatoms. The van der Waals surface area contributed by atoms with Gasteiger partial charge in [0.15, 0.2) is 0 Å². The van der Waals surface area contributed by atoms with Crippen molar-refractivity contribution in [2.75, 3.05) is 0 Å². The number of para-hydroxylation sites is 2. The van der Waals surface area contributed by atoms with Crippen molar-refractivity contribution in [1.82, 2.24) is 9.97 Å². The lowest BCUT2D eigenvalue weighted by molar-refractivity contribution is 0.131. The lowest BCUT2D eigenvalue weighted by Gasteiger charge is -2.28. The topological polar surface area (TPSA) is 84.7 Å². The Hall–Kier alpha value is -5.62. The van der Waals surface area contributed by atoms with Crippen LogP contribution in [0.3, 0.4) is 0 Å². The van der Waals surface area contributed by atoms with Gasteiger partial charge in [-0.2, -0.15) is 0 Å². The van der Waals surface area contributed by atoms with E-state index in [4.69, 9.17) is 19.4 Å². The Morgan fingerprint density at radius 2 is 0.803 bits per heavy atom. The molecule has 2 heterocycles. The maximum Gasteiger partial charge on any atom is 0.149 e. The van der Waals surface area contributed by atoms with Crippen molar-refractivity contribution in [2.24, 2.45) is 0 Å². The fourth-order valence-corrected chi connectivity index (χ4v) is 11.1. The van der Waals surface area contributed by atoms with E-state index in [9.17, 15) is 10.2 Å². The molecule has 2 N–H and O–H groups in total. The third kappa shape index (κ3) is 7.57. The molecule has 0 unspecified atom stereocenters. The minimum Gasteiger partial charge on any atom is -0.505 e. The average molecular weight is 811 g/mol. The molecule has 6 aromatic rings. The highest BCUT2D eigenvalue weighted by molar-refractivity contribution is 5.87. The second-order valence-electron chi connectivity index (χ2n) is 18.1. The molecule has 2 aromatic heterocycles. The highest BCUT2D eigenvalue weighted by atomic mass is 16.5. The van der Waals surface area contributed by atoms with Crippen LogP contribution in [-0.4, -0.2) is 32.4 Å². The van der Waals surface area contributed by atoms with Gasteiger partial charge in [-0.25, -0.2) is 0 Å². The fraction of sp³-hybridized carbons (Fsp3) is 0.382. The summed E-state index contributed by atoms with van der Waals surface area (Å²) in [7, 11) is 0. The zero-order valence-electron chi connectivity index (χ0n) is 35.9. The van der Waals surface area contributed by atoms with Crippen LogP contribution in [-0.2, 0) is 51.4 Å². The SMILES string of the molecule is C[C@H](C[C@@H](C)Oc1ccccc1-c1ccnc(-c2c3c(cc4c2CCCC4)CCCC3)c1O)Oc1ccccc1-c1ccnc(-c2c3c(cc4c2CCCC4)CCCC3)c1O. The van der Waals surface area contributed by atoms with Crippen molar-refractivity contribution in [3.8, 4) is 67.8 Å². The van der Waals surface area contributed by atoms with E-state index in [1.54, 1.807) is 0 Å². The molecule has 312 valence electrons. The fourth-order valence-electron chi connectivity index (χ4n) is 11.1. The monoisotopic (exact) mass is 810 g/mol. The normalized spacial score (nSPS) is 16.7. The molecule has 2 atom stereocenters. The molecule has 0 saturated carbocycles. The number of ether oxygens (including phenoxy) is 2. The van der Waals surface area contributed by atoms with Crippen LogP contribution < -0.4 is 9.47 Å². The predicted molar refractivity (Wildman–Crippen MR) is 245 cm³/mol. The number of pyridine rings is 2. The summed E-state index contributed by atoms with van der Waals surface area (Å²) in [6.07, 6.45) is 22.0. The maximum absolute atomic E-state index is 12.1. The molecule has 6 nitrogen and oxygen atoms in total. The number of aromatic hydroxyl groups is 2. The molecule has 0 amide bonds. The number of rotatable bonds is 10. The minimum absolute atomic E-state index is 0.198. The zero-order valence-corrected chi connectivity index (χ0v) is 35.9. The summed E-state index contributed by atoms with van der Waals surface area (Å²) in [4.78, 5) is 9.77. The van der Waals surface area contributed by atoms with Gasteiger partial charge in [-0.3, -0.25) is 9.97 Å². The van der Waals surface area contributed by atoms with Crippen molar-refractivity contribution < 1.29 is 19.7 Å². The quantitative estimate of drug-likeness (QED) is 0.143. The van der Waals surface area contributed by atoms with Gasteiger partial charge in [0.25, 0.3) is 0 Å². The van der Waals surface area contributed by atoms with Crippen LogP contribution in [0.4, 0.5) is 0 Å². The lowest BCUT2D eigenvalue weighted by atomic mass is 9.78.